The van der Waals surface area contributed by atoms with E-state index < -0.39 is 37.0 Å². The Morgan fingerprint density at radius 3 is 2.55 bits per heavy atom. The van der Waals surface area contributed by atoms with Crippen LogP contribution in [0.3, 0.4) is 0 Å². The summed E-state index contributed by atoms with van der Waals surface area (Å²) in [7, 11) is -4.99. The smallest absolute Gasteiger partial charge is 0.340 e. The molecule has 10 nitrogen and oxygen atoms in total. The highest BCUT2D eigenvalue weighted by Gasteiger charge is 2.64. The molecule has 0 bridgehead atoms. The maximum absolute atomic E-state index is 14.4. The van der Waals surface area contributed by atoms with E-state index in [4.69, 9.17) is 0 Å². The molecule has 3 aromatic rings. The third-order valence-corrected chi connectivity index (χ3v) is 12.6. The maximum Gasteiger partial charge on any atom is 0.363 e. The molecule has 246 valence electrons. The molecule has 1 aliphatic carbocycles. The second-order valence-corrected chi connectivity index (χ2v) is 16.3. The molecular weight excluding hydrogens is 642 g/mol. The second-order valence-electron chi connectivity index (χ2n) is 13.6. The summed E-state index contributed by atoms with van der Waals surface area (Å²) in [5, 5.41) is 13.6. The molecule has 47 heavy (non-hydrogen) atoms. The molecule has 3 saturated heterocycles. The minimum absolute atomic E-state index is 0.0956. The van der Waals surface area contributed by atoms with Gasteiger partial charge in [-0.2, -0.15) is 5.26 Å². The normalized spacial score (nSPS) is 29.0. The van der Waals surface area contributed by atoms with Gasteiger partial charge in [-0.25, -0.2) is 4.39 Å². The Kier molecular flexibility index (Phi) is 8.03. The number of halogens is 1. The first-order chi connectivity index (χ1) is 22.4. The Morgan fingerprint density at radius 1 is 1.13 bits per heavy atom. The van der Waals surface area contributed by atoms with Crippen LogP contribution in [-0.4, -0.2) is 67.5 Å². The monoisotopic (exact) mass is 678 g/mol. The van der Waals surface area contributed by atoms with Crippen LogP contribution in [-0.2, 0) is 14.2 Å². The quantitative estimate of drug-likeness (QED) is 0.302. The number of alkyl halides is 1. The number of nitriles is 1. The van der Waals surface area contributed by atoms with Crippen molar-refractivity contribution in [1.29, 1.82) is 5.26 Å². The van der Waals surface area contributed by atoms with E-state index in [0.717, 1.165) is 36.2 Å². The predicted molar refractivity (Wildman–Crippen MR) is 173 cm³/mol. The Morgan fingerprint density at radius 2 is 1.87 bits per heavy atom. The topological polar surface area (TPSA) is 151 Å². The first kappa shape index (κ1) is 32.0. The van der Waals surface area contributed by atoms with Gasteiger partial charge in [0.1, 0.15) is 12.1 Å². The molecular formula is C34H36FN4O6PS. The van der Waals surface area contributed by atoms with E-state index in [9.17, 15) is 38.4 Å². The fourth-order valence-corrected chi connectivity index (χ4v) is 9.73. The highest BCUT2D eigenvalue weighted by Crippen LogP contribution is 2.58. The first-order valence-electron chi connectivity index (χ1n) is 16.0. The van der Waals surface area contributed by atoms with Crippen molar-refractivity contribution in [3.05, 3.63) is 70.6 Å². The van der Waals surface area contributed by atoms with Crippen LogP contribution >= 0.6 is 18.9 Å². The van der Waals surface area contributed by atoms with Crippen LogP contribution in [0.25, 0.3) is 10.1 Å². The molecule has 1 saturated carbocycles. The third kappa shape index (κ3) is 5.57. The van der Waals surface area contributed by atoms with Crippen LogP contribution < -0.4 is 5.32 Å². The summed E-state index contributed by atoms with van der Waals surface area (Å²) >= 11 is 1.14. The van der Waals surface area contributed by atoms with Gasteiger partial charge in [0.2, 0.25) is 17.7 Å². The molecule has 4 aliphatic rings. The number of likely N-dealkylation sites (tertiary alicyclic amines) is 1. The van der Waals surface area contributed by atoms with Crippen molar-refractivity contribution >= 4 is 46.7 Å². The molecule has 1 aromatic heterocycles. The first-order valence-corrected chi connectivity index (χ1v) is 18.5. The summed E-state index contributed by atoms with van der Waals surface area (Å²) in [5.74, 6) is -3.65. The van der Waals surface area contributed by atoms with Gasteiger partial charge >= 0.3 is 7.60 Å². The van der Waals surface area contributed by atoms with Gasteiger partial charge in [0.15, 0.2) is 0 Å². The molecule has 0 unspecified atom stereocenters. The summed E-state index contributed by atoms with van der Waals surface area (Å²) in [5.41, 5.74) is 0.354. The molecule has 2 aromatic carbocycles. The standard InChI is InChI=1S/C34H36FN4O6PS/c1-19-13-23-8-9-27(33(42)38-18-24(20-5-3-2-4-6-20)25(17-36)34(38)11-12-34)39(23)32(41)26(14-19)37-31(40)29-16-22-15-21(7-10-28(22)47-29)30(35)46(43,44)45/h2-7,10,15-16,19,23-27,30H,8-9,11-14,18H2,1H3,(H,37,40)(H2,43,44,45)/t19-,23+,24+,25+,26-,27-,30+/m0/s1. The van der Waals surface area contributed by atoms with Gasteiger partial charge in [0.25, 0.3) is 5.91 Å². The number of benzene rings is 2. The van der Waals surface area contributed by atoms with Crippen LogP contribution in [0.15, 0.2) is 54.6 Å². The number of carbonyl (C=O) groups excluding carboxylic acids is 3. The van der Waals surface area contributed by atoms with Crippen molar-refractivity contribution in [3.63, 3.8) is 0 Å². The van der Waals surface area contributed by atoms with Gasteiger partial charge in [-0.05, 0) is 79.2 Å². The lowest BCUT2D eigenvalue weighted by Crippen LogP contribution is -2.56. The second kappa shape index (κ2) is 11.8. The number of fused-ring (bicyclic) bond motifs is 2. The van der Waals surface area contributed by atoms with Crippen LogP contribution in [0.2, 0.25) is 0 Å². The van der Waals surface area contributed by atoms with E-state index >= 15 is 0 Å². The summed E-state index contributed by atoms with van der Waals surface area (Å²) in [6.45, 7) is 2.48. The fourth-order valence-electron chi connectivity index (χ4n) is 8.23. The van der Waals surface area contributed by atoms with E-state index in [2.05, 4.69) is 11.4 Å². The van der Waals surface area contributed by atoms with Gasteiger partial charge in [0, 0.05) is 23.2 Å². The molecule has 3 amide bonds. The van der Waals surface area contributed by atoms with E-state index in [1.54, 1.807) is 4.90 Å². The minimum atomic E-state index is -4.99. The van der Waals surface area contributed by atoms with Crippen molar-refractivity contribution in [1.82, 2.24) is 15.1 Å². The Bertz CT molecular complexity index is 1840. The number of rotatable bonds is 6. The highest BCUT2D eigenvalue weighted by atomic mass is 32.1. The van der Waals surface area contributed by atoms with Crippen LogP contribution in [0.4, 0.5) is 4.39 Å². The number of thiophene rings is 1. The third-order valence-electron chi connectivity index (χ3n) is 10.6. The van der Waals surface area contributed by atoms with Crippen molar-refractivity contribution < 1.29 is 33.1 Å². The molecule has 3 aliphatic heterocycles. The SMILES string of the molecule is C[C@H]1C[C@H]2CC[C@@H](C(=O)N3C[C@H](c4ccccc4)[C@@H](C#N)C34CC4)N2C(=O)[C@@H](NC(=O)c2cc3cc([C@H](F)P(=O)(O)O)ccc3s2)C1. The lowest BCUT2D eigenvalue weighted by atomic mass is 9.85. The van der Waals surface area contributed by atoms with Crippen molar-refractivity contribution in [2.24, 2.45) is 11.8 Å². The summed E-state index contributed by atoms with van der Waals surface area (Å²) < 4.78 is 26.4. The zero-order valence-electron chi connectivity index (χ0n) is 25.8. The summed E-state index contributed by atoms with van der Waals surface area (Å²) in [4.78, 5) is 64.5. The van der Waals surface area contributed by atoms with E-state index in [1.165, 1.54) is 24.3 Å². The van der Waals surface area contributed by atoms with Crippen molar-refractivity contribution in [2.75, 3.05) is 6.54 Å². The zero-order chi connectivity index (χ0) is 33.2. The van der Waals surface area contributed by atoms with Gasteiger partial charge in [-0.15, -0.1) is 11.3 Å². The average Bonchev–Trinajstić information content (AvgIpc) is 3.42. The highest BCUT2D eigenvalue weighted by molar-refractivity contribution is 7.51. The van der Waals surface area contributed by atoms with E-state index in [-0.39, 0.29) is 46.1 Å². The minimum Gasteiger partial charge on any atom is -0.340 e. The average molecular weight is 679 g/mol. The van der Waals surface area contributed by atoms with Gasteiger partial charge in [0.05, 0.1) is 22.4 Å². The number of hydrogen-bond acceptors (Lipinski definition) is 6. The Hall–Kier alpha value is -3.62. The number of amides is 3. The van der Waals surface area contributed by atoms with Crippen LogP contribution in [0.1, 0.15) is 78.1 Å². The van der Waals surface area contributed by atoms with Crippen molar-refractivity contribution in [3.8, 4) is 6.07 Å². The van der Waals surface area contributed by atoms with Crippen LogP contribution in [0, 0.1) is 23.2 Å². The molecule has 7 rings (SSSR count). The van der Waals surface area contributed by atoms with Gasteiger partial charge in [-0.3, -0.25) is 18.9 Å². The zero-order valence-corrected chi connectivity index (χ0v) is 27.5. The van der Waals surface area contributed by atoms with Gasteiger partial charge in [-0.1, -0.05) is 43.3 Å². The molecule has 1 spiro atoms. The lowest BCUT2D eigenvalue weighted by Gasteiger charge is -2.35. The fraction of sp³-hybridized carbons (Fsp3) is 0.471. The number of nitrogens with one attached hydrogen (secondary N) is 1. The largest absolute Gasteiger partial charge is 0.363 e. The Labute approximate surface area is 275 Å². The van der Waals surface area contributed by atoms with E-state index in [1.807, 2.05) is 42.2 Å². The summed E-state index contributed by atoms with van der Waals surface area (Å²) in [6.07, 6.45) is 3.89. The Balaban J connectivity index is 1.11. The molecule has 3 N–H and O–H groups in total. The maximum atomic E-state index is 14.4. The van der Waals surface area contributed by atoms with Crippen molar-refractivity contribution in [2.45, 2.75) is 80.9 Å². The lowest BCUT2D eigenvalue weighted by molar-refractivity contribution is -0.147. The predicted octanol–water partition coefficient (Wildman–Crippen LogP) is 5.23. The number of hydrogen-bond donors (Lipinski definition) is 3. The summed E-state index contributed by atoms with van der Waals surface area (Å²) in [6, 6.07) is 16.4. The molecule has 4 heterocycles. The molecule has 13 heteroatoms. The number of carbonyl (C=O) groups is 3. The molecule has 0 radical (unpaired) electrons. The molecule has 4 fully saturated rings. The van der Waals surface area contributed by atoms with Gasteiger partial charge < -0.3 is 24.9 Å². The van der Waals surface area contributed by atoms with E-state index in [0.29, 0.717) is 35.9 Å². The number of nitrogens with zero attached hydrogens (tertiary/aromatic N) is 3. The molecule has 7 atom stereocenters. The van der Waals surface area contributed by atoms with Crippen LogP contribution in [0.5, 0.6) is 0 Å².